The van der Waals surface area contributed by atoms with Crippen LogP contribution in [-0.2, 0) is 16.0 Å². The summed E-state index contributed by atoms with van der Waals surface area (Å²) in [5.74, 6) is 0. The Balaban J connectivity index is 1.27. The highest BCUT2D eigenvalue weighted by atomic mass is 16.5. The Morgan fingerprint density at radius 1 is 1.29 bits per heavy atom. The number of rotatable bonds is 5. The van der Waals surface area contributed by atoms with Gasteiger partial charge in [-0.3, -0.25) is 4.90 Å². The van der Waals surface area contributed by atoms with Gasteiger partial charge in [0.15, 0.2) is 0 Å². The third kappa shape index (κ3) is 3.63. The molecule has 2 aliphatic rings. The Morgan fingerprint density at radius 3 is 2.92 bits per heavy atom. The minimum Gasteiger partial charge on any atom is -0.376 e. The molecular weight excluding hydrogens is 302 g/mol. The summed E-state index contributed by atoms with van der Waals surface area (Å²) >= 11 is 0. The molecule has 5 heteroatoms. The first-order valence-electron chi connectivity index (χ1n) is 9.17. The quantitative estimate of drug-likeness (QED) is 0.845. The van der Waals surface area contributed by atoms with E-state index in [9.17, 15) is 0 Å². The second-order valence-corrected chi connectivity index (χ2v) is 7.10. The first kappa shape index (κ1) is 16.1. The van der Waals surface area contributed by atoms with Crippen molar-refractivity contribution >= 4 is 5.65 Å². The van der Waals surface area contributed by atoms with E-state index in [0.717, 1.165) is 63.5 Å². The molecular formula is C19H27N3O2. The second-order valence-electron chi connectivity index (χ2n) is 7.10. The van der Waals surface area contributed by atoms with Crippen molar-refractivity contribution in [3.8, 4) is 0 Å². The maximum absolute atomic E-state index is 6.06. The summed E-state index contributed by atoms with van der Waals surface area (Å²) in [5.41, 5.74) is 3.45. The van der Waals surface area contributed by atoms with Crippen LogP contribution in [0.3, 0.4) is 0 Å². The predicted octanol–water partition coefficient (Wildman–Crippen LogP) is 2.80. The molecule has 0 N–H and O–H groups in total. The fourth-order valence-corrected chi connectivity index (χ4v) is 3.76. The maximum Gasteiger partial charge on any atom is 0.139 e. The monoisotopic (exact) mass is 329 g/mol. The molecule has 130 valence electrons. The van der Waals surface area contributed by atoms with Crippen molar-refractivity contribution in [3.63, 3.8) is 0 Å². The highest BCUT2D eigenvalue weighted by Crippen LogP contribution is 2.19. The molecule has 2 aromatic heterocycles. The summed E-state index contributed by atoms with van der Waals surface area (Å²) in [6.07, 6.45) is 9.53. The molecule has 0 saturated carbocycles. The van der Waals surface area contributed by atoms with Crippen molar-refractivity contribution in [1.82, 2.24) is 14.3 Å². The third-order valence-electron chi connectivity index (χ3n) is 5.19. The van der Waals surface area contributed by atoms with Crippen molar-refractivity contribution in [1.29, 1.82) is 0 Å². The molecule has 4 rings (SSSR count). The van der Waals surface area contributed by atoms with Gasteiger partial charge < -0.3 is 13.9 Å². The Morgan fingerprint density at radius 2 is 2.17 bits per heavy atom. The molecule has 4 heterocycles. The zero-order chi connectivity index (χ0) is 16.4. The second kappa shape index (κ2) is 7.21. The van der Waals surface area contributed by atoms with Gasteiger partial charge in [0.1, 0.15) is 5.65 Å². The van der Waals surface area contributed by atoms with Gasteiger partial charge in [-0.25, -0.2) is 4.98 Å². The van der Waals surface area contributed by atoms with Gasteiger partial charge in [-0.15, -0.1) is 0 Å². The Labute approximate surface area is 143 Å². The van der Waals surface area contributed by atoms with E-state index in [-0.39, 0.29) is 0 Å². The molecule has 0 spiro atoms. The molecule has 1 unspecified atom stereocenters. The molecule has 24 heavy (non-hydrogen) atoms. The summed E-state index contributed by atoms with van der Waals surface area (Å²) in [4.78, 5) is 7.28. The van der Waals surface area contributed by atoms with Crippen molar-refractivity contribution in [2.75, 3.05) is 26.3 Å². The van der Waals surface area contributed by atoms with Crippen molar-refractivity contribution in [3.05, 3.63) is 35.8 Å². The number of hydrogen-bond acceptors (Lipinski definition) is 4. The summed E-state index contributed by atoms with van der Waals surface area (Å²) in [5, 5.41) is 0. The van der Waals surface area contributed by atoms with Crippen molar-refractivity contribution in [2.45, 2.75) is 51.4 Å². The number of aromatic nitrogens is 2. The number of aryl methyl sites for hydroxylation is 1. The maximum atomic E-state index is 6.06. The van der Waals surface area contributed by atoms with Crippen LogP contribution in [0.25, 0.3) is 5.65 Å². The molecule has 2 saturated heterocycles. The van der Waals surface area contributed by atoms with Gasteiger partial charge >= 0.3 is 0 Å². The highest BCUT2D eigenvalue weighted by molar-refractivity contribution is 5.47. The topological polar surface area (TPSA) is 39.0 Å². The van der Waals surface area contributed by atoms with E-state index in [2.05, 4.69) is 40.8 Å². The van der Waals surface area contributed by atoms with E-state index in [4.69, 9.17) is 14.5 Å². The van der Waals surface area contributed by atoms with Crippen LogP contribution in [0.15, 0.2) is 24.5 Å². The van der Waals surface area contributed by atoms with Crippen LogP contribution in [0.5, 0.6) is 0 Å². The van der Waals surface area contributed by atoms with Crippen LogP contribution in [0.4, 0.5) is 0 Å². The first-order valence-corrected chi connectivity index (χ1v) is 9.17. The Bertz CT molecular complexity index is 670. The lowest BCUT2D eigenvalue weighted by Gasteiger charge is -2.31. The minimum absolute atomic E-state index is 0.337. The van der Waals surface area contributed by atoms with Crippen LogP contribution in [0.2, 0.25) is 0 Å². The largest absolute Gasteiger partial charge is 0.376 e. The number of nitrogens with zero attached hydrogens (tertiary/aromatic N) is 3. The minimum atomic E-state index is 0.337. The van der Waals surface area contributed by atoms with Gasteiger partial charge in [0, 0.05) is 38.6 Å². The molecule has 0 bridgehead atoms. The number of piperidine rings is 1. The molecule has 0 aromatic carbocycles. The standard InChI is InChI=1S/C19H27N3O2/c1-15-4-2-8-22-13-16(20-19(15)22)12-21-9-6-17(7-10-21)24-14-18-5-3-11-23-18/h2,4,8,13,17-18H,3,5-7,9-12,14H2,1H3. The number of imidazole rings is 1. The Kier molecular flexibility index (Phi) is 4.83. The Hall–Kier alpha value is -1.43. The number of fused-ring (bicyclic) bond motifs is 1. The predicted molar refractivity (Wildman–Crippen MR) is 93.2 cm³/mol. The van der Waals surface area contributed by atoms with Gasteiger partial charge in [-0.2, -0.15) is 0 Å². The SMILES string of the molecule is Cc1cccn2cc(CN3CCC(OCC4CCCO4)CC3)nc12. The summed E-state index contributed by atoms with van der Waals surface area (Å²) in [7, 11) is 0. The summed E-state index contributed by atoms with van der Waals surface area (Å²) in [6, 6.07) is 4.19. The van der Waals surface area contributed by atoms with E-state index in [1.54, 1.807) is 0 Å². The average molecular weight is 329 g/mol. The van der Waals surface area contributed by atoms with Crippen LogP contribution in [-0.4, -0.2) is 52.8 Å². The van der Waals surface area contributed by atoms with Crippen molar-refractivity contribution in [2.24, 2.45) is 0 Å². The fourth-order valence-electron chi connectivity index (χ4n) is 3.76. The normalized spacial score (nSPS) is 23.3. The highest BCUT2D eigenvalue weighted by Gasteiger charge is 2.23. The number of likely N-dealkylation sites (tertiary alicyclic amines) is 1. The molecule has 0 aliphatic carbocycles. The van der Waals surface area contributed by atoms with Crippen LogP contribution >= 0.6 is 0 Å². The fraction of sp³-hybridized carbons (Fsp3) is 0.632. The summed E-state index contributed by atoms with van der Waals surface area (Å²) in [6.45, 7) is 6.90. The van der Waals surface area contributed by atoms with E-state index in [0.29, 0.717) is 12.2 Å². The molecule has 1 atom stereocenters. The van der Waals surface area contributed by atoms with Crippen LogP contribution in [0, 0.1) is 6.92 Å². The number of pyridine rings is 1. The lowest BCUT2D eigenvalue weighted by molar-refractivity contribution is -0.0427. The van der Waals surface area contributed by atoms with E-state index in [1.807, 2.05) is 0 Å². The molecule has 2 fully saturated rings. The van der Waals surface area contributed by atoms with Crippen LogP contribution < -0.4 is 0 Å². The molecule has 2 aliphatic heterocycles. The van der Waals surface area contributed by atoms with Gasteiger partial charge in [0.25, 0.3) is 0 Å². The zero-order valence-electron chi connectivity index (χ0n) is 14.5. The third-order valence-corrected chi connectivity index (χ3v) is 5.19. The molecule has 5 nitrogen and oxygen atoms in total. The first-order chi connectivity index (χ1) is 11.8. The van der Waals surface area contributed by atoms with Gasteiger partial charge in [0.2, 0.25) is 0 Å². The lowest BCUT2D eigenvalue weighted by Crippen LogP contribution is -2.37. The summed E-state index contributed by atoms with van der Waals surface area (Å²) < 4.78 is 13.8. The van der Waals surface area contributed by atoms with E-state index >= 15 is 0 Å². The lowest BCUT2D eigenvalue weighted by atomic mass is 10.1. The molecule has 0 amide bonds. The van der Waals surface area contributed by atoms with E-state index < -0.39 is 0 Å². The average Bonchev–Trinajstić information content (AvgIpc) is 3.24. The molecule has 2 aromatic rings. The van der Waals surface area contributed by atoms with Gasteiger partial charge in [-0.1, -0.05) is 6.07 Å². The van der Waals surface area contributed by atoms with Crippen molar-refractivity contribution < 1.29 is 9.47 Å². The smallest absolute Gasteiger partial charge is 0.139 e. The van der Waals surface area contributed by atoms with E-state index in [1.165, 1.54) is 12.0 Å². The van der Waals surface area contributed by atoms with Crippen LogP contribution in [0.1, 0.15) is 36.9 Å². The zero-order valence-corrected chi connectivity index (χ0v) is 14.5. The van der Waals surface area contributed by atoms with Gasteiger partial charge in [0.05, 0.1) is 24.5 Å². The number of ether oxygens (including phenoxy) is 2. The molecule has 0 radical (unpaired) electrons. The number of hydrogen-bond donors (Lipinski definition) is 0. The van der Waals surface area contributed by atoms with Gasteiger partial charge in [-0.05, 0) is 44.2 Å².